The maximum absolute atomic E-state index is 10.5. The van der Waals surface area contributed by atoms with Gasteiger partial charge in [-0.25, -0.2) is 0 Å². The van der Waals surface area contributed by atoms with Crippen LogP contribution in [-0.4, -0.2) is 17.1 Å². The van der Waals surface area contributed by atoms with Crippen LogP contribution in [0.5, 0.6) is 0 Å². The zero-order chi connectivity index (χ0) is 12.7. The number of nitrogens with zero attached hydrogens (tertiary/aromatic N) is 2. The van der Waals surface area contributed by atoms with E-state index in [-0.39, 0.29) is 11.6 Å². The highest BCUT2D eigenvalue weighted by molar-refractivity contribution is 5.76. The first-order valence-corrected chi connectivity index (χ1v) is 4.68. The number of non-ortho nitro benzene ring substituents is 1. The molecule has 0 aromatic heterocycles. The summed E-state index contributed by atoms with van der Waals surface area (Å²) in [4.78, 5) is 10.1. The summed E-state index contributed by atoms with van der Waals surface area (Å²) in [6.45, 7) is 0. The van der Waals surface area contributed by atoms with E-state index in [0.29, 0.717) is 5.56 Å². The fourth-order valence-electron chi connectivity index (χ4n) is 1.06. The molecule has 0 bridgehead atoms. The molecule has 7 heteroatoms. The summed E-state index contributed by atoms with van der Waals surface area (Å²) >= 11 is 0. The van der Waals surface area contributed by atoms with Gasteiger partial charge in [0.15, 0.2) is 6.21 Å². The minimum Gasteiger partial charge on any atom is -0.365 e. The molecule has 0 aliphatic heterocycles. The Hall–Kier alpha value is -2.70. The van der Waals surface area contributed by atoms with Crippen LogP contribution in [0, 0.1) is 10.1 Å². The van der Waals surface area contributed by atoms with Crippen molar-refractivity contribution in [1.29, 1.82) is 0 Å². The van der Waals surface area contributed by atoms with Gasteiger partial charge in [0, 0.05) is 23.3 Å². The Morgan fingerprint density at radius 3 is 2.88 bits per heavy atom. The number of nitrogens with one attached hydrogen (secondary N) is 1. The lowest BCUT2D eigenvalue weighted by Crippen LogP contribution is -2.63. The van der Waals surface area contributed by atoms with Crippen molar-refractivity contribution in [3.63, 3.8) is 0 Å². The molecule has 0 radical (unpaired) electrons. The molecule has 0 aliphatic carbocycles. The standard InChI is InChI=1S/C10H11N5O2/c11-10(12)14-13-6-2-4-8-3-1-5-9(7-8)15(16)17/h1-7H,(H4,11,12,14)/p+1/b4-2+,13-6+. The molecule has 5 N–H and O–H groups in total. The van der Waals surface area contributed by atoms with Gasteiger partial charge in [0.2, 0.25) is 0 Å². The lowest BCUT2D eigenvalue weighted by molar-refractivity contribution is -0.456. The van der Waals surface area contributed by atoms with Crippen LogP contribution in [0.25, 0.3) is 6.08 Å². The molecule has 0 spiro atoms. The fraction of sp³-hybridized carbons (Fsp3) is 0. The first-order valence-electron chi connectivity index (χ1n) is 4.68. The van der Waals surface area contributed by atoms with Gasteiger partial charge in [-0.1, -0.05) is 12.1 Å². The number of benzene rings is 1. The Kier molecular flexibility index (Phi) is 4.37. The molecule has 1 aromatic carbocycles. The summed E-state index contributed by atoms with van der Waals surface area (Å²) in [5, 5.41) is 16.5. The number of hydrogen-bond acceptors (Lipinski definition) is 3. The molecule has 0 amide bonds. The minimum atomic E-state index is -0.446. The molecule has 0 saturated heterocycles. The number of hydrogen-bond donors (Lipinski definition) is 3. The van der Waals surface area contributed by atoms with Crippen molar-refractivity contribution >= 4 is 23.9 Å². The van der Waals surface area contributed by atoms with Gasteiger partial charge < -0.3 is 11.5 Å². The zero-order valence-electron chi connectivity index (χ0n) is 8.91. The highest BCUT2D eigenvalue weighted by atomic mass is 16.6. The predicted octanol–water partition coefficient (Wildman–Crippen LogP) is -1.05. The molecule has 88 valence electrons. The summed E-state index contributed by atoms with van der Waals surface area (Å²) in [6.07, 6.45) is 4.81. The maximum Gasteiger partial charge on any atom is 0.270 e. The van der Waals surface area contributed by atoms with Crippen LogP contribution >= 0.6 is 0 Å². The highest BCUT2D eigenvalue weighted by Crippen LogP contribution is 2.13. The second-order valence-corrected chi connectivity index (χ2v) is 3.04. The van der Waals surface area contributed by atoms with Crippen LogP contribution in [0.15, 0.2) is 35.4 Å². The Balaban J connectivity index is 2.72. The Labute approximate surface area is 97.3 Å². The van der Waals surface area contributed by atoms with Gasteiger partial charge >= 0.3 is 0 Å². The molecular weight excluding hydrogens is 222 g/mol. The third-order valence-corrected chi connectivity index (χ3v) is 1.73. The van der Waals surface area contributed by atoms with Gasteiger partial charge in [-0.3, -0.25) is 10.1 Å². The van der Waals surface area contributed by atoms with E-state index in [9.17, 15) is 10.1 Å². The molecule has 0 unspecified atom stereocenters. The van der Waals surface area contributed by atoms with Crippen molar-refractivity contribution in [2.24, 2.45) is 16.6 Å². The van der Waals surface area contributed by atoms with Crippen molar-refractivity contribution < 1.29 is 10.0 Å². The summed E-state index contributed by atoms with van der Waals surface area (Å²) in [5.41, 5.74) is 10.9. The van der Waals surface area contributed by atoms with Crippen molar-refractivity contribution in [3.8, 4) is 0 Å². The lowest BCUT2D eigenvalue weighted by Gasteiger charge is -1.92. The number of nitro benzene ring substituents is 1. The summed E-state index contributed by atoms with van der Waals surface area (Å²) in [7, 11) is 0. The van der Waals surface area contributed by atoms with Gasteiger partial charge in [0.25, 0.3) is 11.6 Å². The molecule has 0 atom stereocenters. The minimum absolute atomic E-state index is 0.0457. The Morgan fingerprint density at radius 2 is 2.24 bits per heavy atom. The van der Waals surface area contributed by atoms with Crippen LogP contribution in [-0.2, 0) is 0 Å². The number of rotatable bonds is 4. The Morgan fingerprint density at radius 1 is 1.47 bits per heavy atom. The SMILES string of the molecule is NC(N)=N/[NH+]=C/C=C/c1cccc([N+](=O)[O-])c1. The second-order valence-electron chi connectivity index (χ2n) is 3.04. The molecule has 0 fully saturated rings. The van der Waals surface area contributed by atoms with Gasteiger partial charge in [-0.2, -0.15) is 0 Å². The van der Waals surface area contributed by atoms with E-state index in [4.69, 9.17) is 11.5 Å². The van der Waals surface area contributed by atoms with Crippen LogP contribution in [0.3, 0.4) is 0 Å². The lowest BCUT2D eigenvalue weighted by atomic mass is 10.2. The topological polar surface area (TPSA) is 122 Å². The van der Waals surface area contributed by atoms with Crippen LogP contribution in [0.4, 0.5) is 5.69 Å². The average molecular weight is 234 g/mol. The summed E-state index contributed by atoms with van der Waals surface area (Å²) < 4.78 is 0. The number of nitrogens with two attached hydrogens (primary N) is 2. The smallest absolute Gasteiger partial charge is 0.270 e. The summed E-state index contributed by atoms with van der Waals surface area (Å²) in [5.74, 6) is -0.0787. The normalized spacial score (nSPS) is 10.8. The third kappa shape index (κ3) is 4.56. The summed E-state index contributed by atoms with van der Waals surface area (Å²) in [6, 6.07) is 6.25. The molecule has 0 heterocycles. The van der Waals surface area contributed by atoms with E-state index in [0.717, 1.165) is 0 Å². The Bertz CT molecular complexity index is 489. The monoisotopic (exact) mass is 234 g/mol. The fourth-order valence-corrected chi connectivity index (χ4v) is 1.06. The van der Waals surface area contributed by atoms with E-state index in [2.05, 4.69) is 10.2 Å². The van der Waals surface area contributed by atoms with E-state index in [1.807, 2.05) is 0 Å². The molecule has 0 aliphatic rings. The van der Waals surface area contributed by atoms with Gasteiger partial charge in [-0.15, -0.1) is 5.10 Å². The number of nitro groups is 1. The number of allylic oxidation sites excluding steroid dienone is 1. The molecule has 1 aromatic rings. The highest BCUT2D eigenvalue weighted by Gasteiger charge is 2.03. The molecule has 0 saturated carbocycles. The molecule has 1 rings (SSSR count). The zero-order valence-corrected chi connectivity index (χ0v) is 8.91. The largest absolute Gasteiger partial charge is 0.365 e. The van der Waals surface area contributed by atoms with Gasteiger partial charge in [-0.05, 0) is 11.6 Å². The predicted molar refractivity (Wildman–Crippen MR) is 65.0 cm³/mol. The number of hydrazone groups is 1. The van der Waals surface area contributed by atoms with E-state index >= 15 is 0 Å². The first kappa shape index (κ1) is 12.4. The van der Waals surface area contributed by atoms with Crippen molar-refractivity contribution in [2.75, 3.05) is 0 Å². The first-order chi connectivity index (χ1) is 8.09. The van der Waals surface area contributed by atoms with Crippen molar-refractivity contribution in [1.82, 2.24) is 0 Å². The molecule has 7 nitrogen and oxygen atoms in total. The number of guanidine groups is 1. The third-order valence-electron chi connectivity index (χ3n) is 1.73. The molecule has 17 heavy (non-hydrogen) atoms. The van der Waals surface area contributed by atoms with Crippen LogP contribution in [0.1, 0.15) is 5.56 Å². The van der Waals surface area contributed by atoms with Gasteiger partial charge in [0.05, 0.1) is 4.92 Å². The van der Waals surface area contributed by atoms with Crippen LogP contribution < -0.4 is 16.6 Å². The molecular formula is C10H12N5O2+. The van der Waals surface area contributed by atoms with Gasteiger partial charge in [0.1, 0.15) is 0 Å². The van der Waals surface area contributed by atoms with Crippen molar-refractivity contribution in [3.05, 3.63) is 46.0 Å². The van der Waals surface area contributed by atoms with Crippen molar-refractivity contribution in [2.45, 2.75) is 0 Å². The quantitative estimate of drug-likeness (QED) is 0.266. The van der Waals surface area contributed by atoms with E-state index in [1.54, 1.807) is 24.3 Å². The average Bonchev–Trinajstić information content (AvgIpc) is 2.28. The second kappa shape index (κ2) is 6.01. The van der Waals surface area contributed by atoms with E-state index < -0.39 is 4.92 Å². The van der Waals surface area contributed by atoms with E-state index in [1.165, 1.54) is 18.3 Å². The van der Waals surface area contributed by atoms with Crippen LogP contribution in [0.2, 0.25) is 0 Å². The maximum atomic E-state index is 10.5.